The van der Waals surface area contributed by atoms with E-state index < -0.39 is 0 Å². The highest BCUT2D eigenvalue weighted by Crippen LogP contribution is 2.59. The summed E-state index contributed by atoms with van der Waals surface area (Å²) in [6.45, 7) is 0.727. The molecule has 0 bridgehead atoms. The van der Waals surface area contributed by atoms with Crippen LogP contribution in [0.4, 0.5) is 0 Å². The Kier molecular flexibility index (Phi) is 27.1. The second-order valence-corrected chi connectivity index (χ2v) is 32.3. The number of phenols is 1. The molecule has 3 unspecified atom stereocenters. The number of hydrogen-bond donors (Lipinski definition) is 1. The van der Waals surface area contributed by atoms with E-state index in [1.165, 1.54) is 5.56 Å². The van der Waals surface area contributed by atoms with Crippen LogP contribution in [0.5, 0.6) is 92.0 Å². The van der Waals surface area contributed by atoms with Crippen molar-refractivity contribution in [1.29, 1.82) is 0 Å². The van der Waals surface area contributed by atoms with Gasteiger partial charge in [-0.25, -0.2) is 0 Å². The Morgan fingerprint density at radius 2 is 0.632 bits per heavy atom. The van der Waals surface area contributed by atoms with E-state index in [0.29, 0.717) is 5.75 Å². The number of hydrogen-bond acceptors (Lipinski definition) is 15. The standard InChI is InChI=1S/C36H28O4.C30H22I2O4.C30H24O4.C9H12O2.C2H6O.CH4/c1-37-26-14-9-23-12-17-31(39-3)34(29(23)20-26)36-28-16-11-25(22-7-5-4-6-8-22)19-33(28)40-32-18-13-24-10-15-27(38-2)21-30(24)35(32)36;1-33-19-8-4-16-6-10-25(35-3)27(21(16)14-19)29-23-12-18(31)13-24(32)30(23)36-26-11-7-17-5-9-20(34-2)15-22(17)28(26)29;1-31-20-12-8-18-10-14-26(33-3)28(23(18)16-20)30-22-6-4-5-7-25(22)34-27-15-11-19-9-13-21(32-2)17-24(19)29(27)30;1-11-7-6-8-2-4-9(10)5-3-8;1-3-2;/h4-21,36H,1-3H3;4-15,29H,1-3H3;4-17,30H,1-3H3;2-5,10H,6-7H2,1H3;1-2H3;1H4. The lowest BCUT2D eigenvalue weighted by Gasteiger charge is -2.32. The molecule has 17 aromatic rings. The SMILES string of the molecule is C.COC.COCCc1ccc(O)cc1.COc1ccc2ccc(OC)c(C3c4cc(I)cc(I)c4Oc4ccc5ccc(OC)cc5c43)c2c1.COc1ccc2ccc(OC)c(C3c4ccc(-c5ccccc5)cc4Oc4ccc5ccc(OC)cc5c43)c2c1.COc1ccc2ccc(OC)c(C3c4ccccc4Oc4ccc5ccc(OC)cc5c43)c2c1. The van der Waals surface area contributed by atoms with Crippen LogP contribution in [0.3, 0.4) is 0 Å². The number of methoxy groups -OCH3 is 11. The van der Waals surface area contributed by atoms with Crippen LogP contribution in [0.25, 0.3) is 75.8 Å². The molecule has 15 nitrogen and oxygen atoms in total. The molecule has 0 radical (unpaired) electrons. The van der Waals surface area contributed by atoms with Crippen LogP contribution >= 0.6 is 45.2 Å². The highest BCUT2D eigenvalue weighted by Gasteiger charge is 2.39. The fourth-order valence-corrected chi connectivity index (χ4v) is 19.1. The van der Waals surface area contributed by atoms with Crippen LogP contribution in [-0.2, 0) is 15.9 Å². The number of ether oxygens (including phenoxy) is 14. The summed E-state index contributed by atoms with van der Waals surface area (Å²) in [5.74, 6) is 12.3. The van der Waals surface area contributed by atoms with E-state index in [-0.39, 0.29) is 25.2 Å². The van der Waals surface area contributed by atoms with E-state index in [4.69, 9.17) is 66.7 Å². The number of rotatable bonds is 16. The highest BCUT2D eigenvalue weighted by molar-refractivity contribution is 14.1. The van der Waals surface area contributed by atoms with E-state index in [2.05, 4.69) is 256 Å². The quantitative estimate of drug-likeness (QED) is 0.0914. The molecule has 20 rings (SSSR count). The highest BCUT2D eigenvalue weighted by atomic mass is 127. The van der Waals surface area contributed by atoms with E-state index in [1.807, 2.05) is 72.8 Å². The topological polar surface area (TPSA) is 149 Å². The van der Waals surface area contributed by atoms with E-state index >= 15 is 0 Å². The zero-order valence-corrected chi connectivity index (χ0v) is 75.1. The maximum atomic E-state index is 8.95. The lowest BCUT2D eigenvalue weighted by atomic mass is 9.78. The number of para-hydroxylation sites is 1. The summed E-state index contributed by atoms with van der Waals surface area (Å²) >= 11 is 4.76. The average Bonchev–Trinajstić information content (AvgIpc) is 0.733. The van der Waals surface area contributed by atoms with Crippen LogP contribution < -0.4 is 56.8 Å². The van der Waals surface area contributed by atoms with Gasteiger partial charge in [0.25, 0.3) is 0 Å². The fraction of sp³-hybridized carbons (Fsp3) is 0.167. The van der Waals surface area contributed by atoms with Gasteiger partial charge in [0.05, 0.1) is 74.2 Å². The molecule has 1 N–H and O–H groups in total. The van der Waals surface area contributed by atoms with Crippen molar-refractivity contribution in [2.45, 2.75) is 31.6 Å². The number of aromatic hydroxyl groups is 1. The minimum Gasteiger partial charge on any atom is -0.508 e. The van der Waals surface area contributed by atoms with Crippen molar-refractivity contribution in [3.63, 3.8) is 0 Å². The molecule has 17 aromatic carbocycles. The van der Waals surface area contributed by atoms with Crippen LogP contribution in [0.15, 0.2) is 291 Å². The van der Waals surface area contributed by atoms with Gasteiger partial charge in [0, 0.05) is 92.7 Å². The van der Waals surface area contributed by atoms with Gasteiger partial charge in [0.2, 0.25) is 0 Å². The first-order valence-corrected chi connectivity index (χ1v) is 42.6. The minimum absolute atomic E-state index is 0. The largest absolute Gasteiger partial charge is 0.508 e. The van der Waals surface area contributed by atoms with Gasteiger partial charge in [-0.1, -0.05) is 153 Å². The number of fused-ring (bicyclic) bond motifs is 15. The predicted molar refractivity (Wildman–Crippen MR) is 519 cm³/mol. The van der Waals surface area contributed by atoms with E-state index in [1.54, 1.807) is 97.5 Å². The molecule has 0 aliphatic carbocycles. The van der Waals surface area contributed by atoms with Gasteiger partial charge in [-0.3, -0.25) is 0 Å². The predicted octanol–water partition coefficient (Wildman–Crippen LogP) is 27.3. The molecule has 632 valence electrons. The van der Waals surface area contributed by atoms with Gasteiger partial charge in [-0.15, -0.1) is 0 Å². The lowest BCUT2D eigenvalue weighted by Crippen LogP contribution is -2.15. The van der Waals surface area contributed by atoms with Crippen LogP contribution in [0.2, 0.25) is 0 Å². The Bertz CT molecular complexity index is 6800. The third-order valence-corrected chi connectivity index (χ3v) is 24.4. The number of benzene rings is 17. The molecule has 3 aliphatic heterocycles. The van der Waals surface area contributed by atoms with Crippen molar-refractivity contribution in [3.05, 3.63) is 354 Å². The molecule has 3 aliphatic rings. The summed E-state index contributed by atoms with van der Waals surface area (Å²) in [6, 6.07) is 98.8. The molecule has 0 saturated carbocycles. The second-order valence-electron chi connectivity index (χ2n) is 29.9. The normalized spacial score (nSPS) is 13.4. The first-order valence-electron chi connectivity index (χ1n) is 40.4. The van der Waals surface area contributed by atoms with E-state index in [0.717, 1.165) is 232 Å². The van der Waals surface area contributed by atoms with Crippen LogP contribution in [-0.4, -0.2) is 97.0 Å². The molecule has 0 fully saturated rings. The summed E-state index contributed by atoms with van der Waals surface area (Å²) in [5.41, 5.74) is 13.3. The zero-order valence-electron chi connectivity index (χ0n) is 70.8. The number of halogens is 2. The summed E-state index contributed by atoms with van der Waals surface area (Å²) < 4.78 is 82.9. The van der Waals surface area contributed by atoms with Crippen LogP contribution in [0.1, 0.15) is 80.8 Å². The van der Waals surface area contributed by atoms with E-state index in [9.17, 15) is 0 Å². The zero-order chi connectivity index (χ0) is 86.2. The molecule has 3 atom stereocenters. The van der Waals surface area contributed by atoms with Crippen molar-refractivity contribution in [3.8, 4) is 103 Å². The summed E-state index contributed by atoms with van der Waals surface area (Å²) in [4.78, 5) is 0. The van der Waals surface area contributed by atoms with Crippen molar-refractivity contribution >= 4 is 110 Å². The molecule has 0 aromatic heterocycles. The Hall–Kier alpha value is -12.9. The Morgan fingerprint density at radius 3 is 1.02 bits per heavy atom. The Labute approximate surface area is 756 Å². The van der Waals surface area contributed by atoms with Crippen molar-refractivity contribution in [2.75, 3.05) is 91.9 Å². The molecule has 125 heavy (non-hydrogen) atoms. The smallest absolute Gasteiger partial charge is 0.144 e. The second kappa shape index (κ2) is 38.9. The maximum absolute atomic E-state index is 8.95. The molecular formula is C108H96I2O15. The maximum Gasteiger partial charge on any atom is 0.144 e. The lowest BCUT2D eigenvalue weighted by molar-refractivity contribution is 0.202. The molecule has 3 heterocycles. The van der Waals surface area contributed by atoms with Gasteiger partial charge in [-0.2, -0.15) is 0 Å². The molecular weight excluding hydrogens is 1790 g/mol. The van der Waals surface area contributed by atoms with Gasteiger partial charge >= 0.3 is 0 Å². The summed E-state index contributed by atoms with van der Waals surface area (Å²) in [5, 5.41) is 22.2. The minimum atomic E-state index is -0.162. The van der Waals surface area contributed by atoms with Gasteiger partial charge in [0.15, 0.2) is 0 Å². The Balaban J connectivity index is 0.000000134. The fourth-order valence-electron chi connectivity index (χ4n) is 17.1. The van der Waals surface area contributed by atoms with Crippen LogP contribution in [0, 0.1) is 7.14 Å². The molecule has 0 saturated heterocycles. The summed E-state index contributed by atoms with van der Waals surface area (Å²) in [7, 11) is 20.3. The van der Waals surface area contributed by atoms with Crippen molar-refractivity contribution in [1.82, 2.24) is 0 Å². The van der Waals surface area contributed by atoms with Gasteiger partial charge in [0.1, 0.15) is 92.0 Å². The third kappa shape index (κ3) is 17.5. The third-order valence-electron chi connectivity index (χ3n) is 23.0. The molecule has 0 spiro atoms. The monoisotopic (exact) mass is 1890 g/mol. The molecule has 0 amide bonds. The number of phenolic OH excluding ortho intramolecular Hbond substituents is 1. The van der Waals surface area contributed by atoms with Gasteiger partial charge < -0.3 is 71.4 Å². The van der Waals surface area contributed by atoms with Crippen molar-refractivity contribution < 1.29 is 71.4 Å². The van der Waals surface area contributed by atoms with Gasteiger partial charge in [-0.05, 0) is 279 Å². The van der Waals surface area contributed by atoms with Crippen molar-refractivity contribution in [2.24, 2.45) is 0 Å². The average molecular weight is 1890 g/mol. The molecule has 17 heteroatoms. The first-order chi connectivity index (χ1) is 60.6. The first kappa shape index (κ1) is 87.0. The summed E-state index contributed by atoms with van der Waals surface area (Å²) in [6.07, 6.45) is 0.900. The Morgan fingerprint density at radius 1 is 0.288 bits per heavy atom.